The number of urea groups is 1. The summed E-state index contributed by atoms with van der Waals surface area (Å²) >= 11 is 0. The Morgan fingerprint density at radius 1 is 1.31 bits per heavy atom. The quantitative estimate of drug-likeness (QED) is 0.852. The average Bonchev–Trinajstić information content (AvgIpc) is 3.45. The van der Waals surface area contributed by atoms with Crippen LogP contribution in [-0.2, 0) is 5.54 Å². The zero-order valence-electron chi connectivity index (χ0n) is 17.2. The second kappa shape index (κ2) is 7.70. The van der Waals surface area contributed by atoms with E-state index in [4.69, 9.17) is 0 Å². The predicted molar refractivity (Wildman–Crippen MR) is 107 cm³/mol. The van der Waals surface area contributed by atoms with Crippen molar-refractivity contribution < 1.29 is 9.18 Å². The molecule has 2 aromatic rings. The molecule has 8 nitrogen and oxygen atoms in total. The molecule has 1 saturated carbocycles. The Labute approximate surface area is 170 Å². The van der Waals surface area contributed by atoms with Gasteiger partial charge in [0.15, 0.2) is 5.82 Å². The topological polar surface area (TPSA) is 79.2 Å². The van der Waals surface area contributed by atoms with Gasteiger partial charge in [0, 0.05) is 24.3 Å². The summed E-state index contributed by atoms with van der Waals surface area (Å²) in [7, 11) is 4.01. The van der Waals surface area contributed by atoms with Gasteiger partial charge in [0.25, 0.3) is 0 Å². The summed E-state index contributed by atoms with van der Waals surface area (Å²) in [4.78, 5) is 16.8. The predicted octanol–water partition coefficient (Wildman–Crippen LogP) is 2.93. The fourth-order valence-electron chi connectivity index (χ4n) is 4.55. The highest BCUT2D eigenvalue weighted by molar-refractivity contribution is 5.90. The Balaban J connectivity index is 1.56. The van der Waals surface area contributed by atoms with Crippen LogP contribution in [0.1, 0.15) is 49.5 Å². The van der Waals surface area contributed by atoms with Gasteiger partial charge in [-0.25, -0.2) is 13.9 Å². The standard InChI is InChI=1S/C20H28FN7O/c1-14-16(21)9-6-10-17(14)22-19(29)27-12-11-20(13-27,26(2)3)18-23-24-25-28(18)15-7-4-5-8-15/h6,9-10,15H,4-5,7-8,11-13H2,1-3H3,(H,22,29). The lowest BCUT2D eigenvalue weighted by molar-refractivity contribution is 0.137. The summed E-state index contributed by atoms with van der Waals surface area (Å²) in [5.74, 6) is 0.495. The van der Waals surface area contributed by atoms with Crippen LogP contribution in [0.2, 0.25) is 0 Å². The van der Waals surface area contributed by atoms with Crippen LogP contribution in [0.3, 0.4) is 0 Å². The Morgan fingerprint density at radius 3 is 2.79 bits per heavy atom. The van der Waals surface area contributed by atoms with Crippen molar-refractivity contribution in [3.05, 3.63) is 35.4 Å². The number of benzene rings is 1. The highest BCUT2D eigenvalue weighted by atomic mass is 19.1. The monoisotopic (exact) mass is 401 g/mol. The molecule has 0 radical (unpaired) electrons. The lowest BCUT2D eigenvalue weighted by Gasteiger charge is -2.35. The smallest absolute Gasteiger partial charge is 0.321 e. The SMILES string of the molecule is Cc1c(F)cccc1NC(=O)N1CCC(c2nnnn2C2CCCC2)(N(C)C)C1. The van der Waals surface area contributed by atoms with Gasteiger partial charge in [-0.1, -0.05) is 18.9 Å². The normalized spacial score (nSPS) is 22.6. The summed E-state index contributed by atoms with van der Waals surface area (Å²) in [5.41, 5.74) is 0.484. The molecule has 4 rings (SSSR count). The van der Waals surface area contributed by atoms with Crippen molar-refractivity contribution >= 4 is 11.7 Å². The van der Waals surface area contributed by atoms with E-state index >= 15 is 0 Å². The van der Waals surface area contributed by atoms with Crippen LogP contribution in [0.25, 0.3) is 0 Å². The fraction of sp³-hybridized carbons (Fsp3) is 0.600. The second-order valence-electron chi connectivity index (χ2n) is 8.33. The number of nitrogens with one attached hydrogen (secondary N) is 1. The first kappa shape index (κ1) is 19.8. The van der Waals surface area contributed by atoms with Gasteiger partial charge in [-0.2, -0.15) is 0 Å². The van der Waals surface area contributed by atoms with Crippen molar-refractivity contribution in [1.82, 2.24) is 30.0 Å². The third-order valence-corrected chi connectivity index (χ3v) is 6.48. The zero-order valence-corrected chi connectivity index (χ0v) is 17.2. The van der Waals surface area contributed by atoms with Crippen LogP contribution < -0.4 is 5.32 Å². The third-order valence-electron chi connectivity index (χ3n) is 6.48. The molecular weight excluding hydrogens is 373 g/mol. The molecule has 29 heavy (non-hydrogen) atoms. The van der Waals surface area contributed by atoms with E-state index < -0.39 is 5.54 Å². The molecule has 2 amide bonds. The van der Waals surface area contributed by atoms with Gasteiger partial charge in [0.2, 0.25) is 0 Å². The third kappa shape index (κ3) is 3.48. The summed E-state index contributed by atoms with van der Waals surface area (Å²) in [6, 6.07) is 4.80. The molecule has 9 heteroatoms. The van der Waals surface area contributed by atoms with Crippen molar-refractivity contribution in [3.8, 4) is 0 Å². The second-order valence-corrected chi connectivity index (χ2v) is 8.33. The summed E-state index contributed by atoms with van der Waals surface area (Å²) in [6.45, 7) is 2.72. The van der Waals surface area contributed by atoms with Gasteiger partial charge in [0.05, 0.1) is 6.04 Å². The number of halogens is 1. The van der Waals surface area contributed by atoms with Gasteiger partial charge < -0.3 is 10.2 Å². The van der Waals surface area contributed by atoms with Gasteiger partial charge >= 0.3 is 6.03 Å². The summed E-state index contributed by atoms with van der Waals surface area (Å²) < 4.78 is 15.8. The van der Waals surface area contributed by atoms with Gasteiger partial charge in [-0.3, -0.25) is 4.90 Å². The van der Waals surface area contributed by atoms with E-state index in [-0.39, 0.29) is 11.8 Å². The maximum Gasteiger partial charge on any atom is 0.321 e. The molecule has 1 aromatic heterocycles. The number of likely N-dealkylation sites (N-methyl/N-ethyl adjacent to an activating group) is 1. The number of anilines is 1. The number of carbonyl (C=O) groups is 1. The van der Waals surface area contributed by atoms with Crippen molar-refractivity contribution in [2.75, 3.05) is 32.5 Å². The molecule has 1 aromatic carbocycles. The van der Waals surface area contributed by atoms with Crippen LogP contribution in [0.5, 0.6) is 0 Å². The number of likely N-dealkylation sites (tertiary alicyclic amines) is 1. The number of hydrogen-bond acceptors (Lipinski definition) is 5. The Bertz CT molecular complexity index is 893. The molecule has 1 aliphatic heterocycles. The minimum Gasteiger partial charge on any atom is -0.322 e. The van der Waals surface area contributed by atoms with E-state index in [0.717, 1.165) is 25.1 Å². The lowest BCUT2D eigenvalue weighted by Crippen LogP contribution is -2.47. The van der Waals surface area contributed by atoms with E-state index in [0.29, 0.717) is 30.4 Å². The number of carbonyl (C=O) groups excluding carboxylic acids is 1. The number of aromatic nitrogens is 4. The molecule has 156 valence electrons. The number of hydrogen-bond donors (Lipinski definition) is 1. The van der Waals surface area contributed by atoms with Crippen LogP contribution in [-0.4, -0.2) is 63.2 Å². The molecule has 0 spiro atoms. The van der Waals surface area contributed by atoms with Crippen LogP contribution in [0.15, 0.2) is 18.2 Å². The maximum atomic E-state index is 13.8. The first-order chi connectivity index (χ1) is 13.9. The molecule has 2 aliphatic rings. The van der Waals surface area contributed by atoms with E-state index in [2.05, 4.69) is 25.7 Å². The Hall–Kier alpha value is -2.55. The Kier molecular flexibility index (Phi) is 5.24. The number of tetrazole rings is 1. The fourth-order valence-corrected chi connectivity index (χ4v) is 4.55. The first-order valence-electron chi connectivity index (χ1n) is 10.2. The highest BCUT2D eigenvalue weighted by Crippen LogP contribution is 2.38. The van der Waals surface area contributed by atoms with Crippen LogP contribution in [0, 0.1) is 12.7 Å². The first-order valence-corrected chi connectivity index (χ1v) is 10.2. The highest BCUT2D eigenvalue weighted by Gasteiger charge is 2.48. The summed E-state index contributed by atoms with van der Waals surface area (Å²) in [5, 5.41) is 15.5. The van der Waals surface area contributed by atoms with Gasteiger partial charge in [0.1, 0.15) is 11.4 Å². The number of nitrogens with zero attached hydrogens (tertiary/aromatic N) is 6. The molecule has 1 saturated heterocycles. The van der Waals surface area contributed by atoms with Gasteiger partial charge in [-0.15, -0.1) is 5.10 Å². The summed E-state index contributed by atoms with van der Waals surface area (Å²) in [6.07, 6.45) is 5.30. The lowest BCUT2D eigenvalue weighted by atomic mass is 9.95. The number of amides is 2. The van der Waals surface area contributed by atoms with E-state index in [1.807, 2.05) is 18.8 Å². The molecule has 1 N–H and O–H groups in total. The largest absolute Gasteiger partial charge is 0.322 e. The molecule has 0 bridgehead atoms. The number of rotatable bonds is 4. The van der Waals surface area contributed by atoms with Crippen LogP contribution in [0.4, 0.5) is 14.9 Å². The molecule has 1 atom stereocenters. The molecule has 1 aliphatic carbocycles. The van der Waals surface area contributed by atoms with Crippen molar-refractivity contribution in [3.63, 3.8) is 0 Å². The van der Waals surface area contributed by atoms with Crippen molar-refractivity contribution in [1.29, 1.82) is 0 Å². The minimum atomic E-state index is -0.444. The van der Waals surface area contributed by atoms with Crippen molar-refractivity contribution in [2.45, 2.75) is 50.6 Å². The molecule has 1 unspecified atom stereocenters. The average molecular weight is 401 g/mol. The Morgan fingerprint density at radius 2 is 2.07 bits per heavy atom. The van der Waals surface area contributed by atoms with E-state index in [1.165, 1.54) is 18.9 Å². The van der Waals surface area contributed by atoms with E-state index in [1.54, 1.807) is 24.0 Å². The molecule has 2 fully saturated rings. The van der Waals surface area contributed by atoms with E-state index in [9.17, 15) is 9.18 Å². The minimum absolute atomic E-state index is 0.234. The maximum absolute atomic E-state index is 13.8. The molecular formula is C20H28FN7O. The molecule has 2 heterocycles. The van der Waals surface area contributed by atoms with Gasteiger partial charge in [-0.05, 0) is 62.8 Å². The van der Waals surface area contributed by atoms with Crippen LogP contribution >= 0.6 is 0 Å². The zero-order chi connectivity index (χ0) is 20.6. The van der Waals surface area contributed by atoms with Crippen molar-refractivity contribution in [2.24, 2.45) is 0 Å².